The number of phenols is 1. The van der Waals surface area contributed by atoms with Crippen LogP contribution in [0.4, 0.5) is 0 Å². The summed E-state index contributed by atoms with van der Waals surface area (Å²) < 4.78 is 0. The summed E-state index contributed by atoms with van der Waals surface area (Å²) in [7, 11) is 0. The summed E-state index contributed by atoms with van der Waals surface area (Å²) in [4.78, 5) is 2.49. The zero-order chi connectivity index (χ0) is 14.4. The third-order valence-electron chi connectivity index (χ3n) is 4.25. The van der Waals surface area contributed by atoms with Crippen LogP contribution in [0.3, 0.4) is 0 Å². The lowest BCUT2D eigenvalue weighted by molar-refractivity contribution is 0.279. The molecular formula is C17H28N2O. The maximum atomic E-state index is 9.69. The minimum atomic E-state index is 0.388. The van der Waals surface area contributed by atoms with E-state index >= 15 is 0 Å². The van der Waals surface area contributed by atoms with E-state index in [1.807, 2.05) is 6.07 Å². The molecule has 112 valence electrons. The first-order valence-corrected chi connectivity index (χ1v) is 8.02. The number of likely N-dealkylation sites (N-methyl/N-ethyl adjacent to an activating group) is 1. The Balaban J connectivity index is 1.90. The lowest BCUT2D eigenvalue weighted by Gasteiger charge is -2.28. The van der Waals surface area contributed by atoms with Crippen molar-refractivity contribution in [1.82, 2.24) is 10.2 Å². The summed E-state index contributed by atoms with van der Waals surface area (Å²) in [5, 5.41) is 13.4. The van der Waals surface area contributed by atoms with Crippen molar-refractivity contribution >= 4 is 0 Å². The van der Waals surface area contributed by atoms with Crippen LogP contribution in [0.1, 0.15) is 50.3 Å². The maximum absolute atomic E-state index is 9.69. The second kappa shape index (κ2) is 7.65. The van der Waals surface area contributed by atoms with Crippen molar-refractivity contribution in [2.24, 2.45) is 0 Å². The highest BCUT2D eigenvalue weighted by molar-refractivity contribution is 5.38. The van der Waals surface area contributed by atoms with E-state index in [1.165, 1.54) is 36.9 Å². The first kappa shape index (κ1) is 15.3. The van der Waals surface area contributed by atoms with E-state index in [-0.39, 0.29) is 0 Å². The van der Waals surface area contributed by atoms with E-state index in [2.05, 4.69) is 30.1 Å². The smallest absolute Gasteiger partial charge is 0.115 e. The number of aromatic hydroxyl groups is 1. The molecule has 2 rings (SSSR count). The third kappa shape index (κ3) is 3.97. The van der Waals surface area contributed by atoms with Crippen molar-refractivity contribution in [1.29, 1.82) is 0 Å². The average molecular weight is 276 g/mol. The van der Waals surface area contributed by atoms with Crippen molar-refractivity contribution in [3.05, 3.63) is 29.3 Å². The van der Waals surface area contributed by atoms with Gasteiger partial charge < -0.3 is 15.3 Å². The van der Waals surface area contributed by atoms with E-state index in [0.717, 1.165) is 26.1 Å². The van der Waals surface area contributed by atoms with Crippen LogP contribution in [-0.4, -0.2) is 36.2 Å². The fourth-order valence-electron chi connectivity index (χ4n) is 3.14. The van der Waals surface area contributed by atoms with Crippen molar-refractivity contribution < 1.29 is 5.11 Å². The first-order chi connectivity index (χ1) is 9.74. The van der Waals surface area contributed by atoms with Crippen LogP contribution in [0.15, 0.2) is 18.2 Å². The highest BCUT2D eigenvalue weighted by Crippen LogP contribution is 2.31. The molecule has 0 saturated heterocycles. The molecule has 1 aromatic carbocycles. The van der Waals surface area contributed by atoms with Gasteiger partial charge in [-0.15, -0.1) is 0 Å². The Kier molecular flexibility index (Phi) is 5.86. The van der Waals surface area contributed by atoms with Gasteiger partial charge in [-0.3, -0.25) is 0 Å². The highest BCUT2D eigenvalue weighted by Gasteiger charge is 2.20. The van der Waals surface area contributed by atoms with E-state index in [4.69, 9.17) is 0 Å². The summed E-state index contributed by atoms with van der Waals surface area (Å²) in [6, 6.07) is 6.23. The summed E-state index contributed by atoms with van der Waals surface area (Å²) in [5.41, 5.74) is 2.70. The van der Waals surface area contributed by atoms with Gasteiger partial charge in [0.1, 0.15) is 5.75 Å². The predicted octanol–water partition coefficient (Wildman–Crippen LogP) is 3.09. The number of hydrogen-bond donors (Lipinski definition) is 2. The molecule has 0 amide bonds. The van der Waals surface area contributed by atoms with Crippen molar-refractivity contribution in [2.45, 2.75) is 45.6 Å². The number of benzene rings is 1. The van der Waals surface area contributed by atoms with Gasteiger partial charge in [0.15, 0.2) is 0 Å². The Morgan fingerprint density at radius 2 is 2.15 bits per heavy atom. The summed E-state index contributed by atoms with van der Waals surface area (Å²) in [6.45, 7) is 8.89. The van der Waals surface area contributed by atoms with Crippen LogP contribution in [0.5, 0.6) is 5.75 Å². The van der Waals surface area contributed by atoms with Gasteiger partial charge in [-0.1, -0.05) is 19.9 Å². The zero-order valence-corrected chi connectivity index (χ0v) is 12.9. The van der Waals surface area contributed by atoms with Gasteiger partial charge in [0.2, 0.25) is 0 Å². The zero-order valence-electron chi connectivity index (χ0n) is 12.9. The maximum Gasteiger partial charge on any atom is 0.115 e. The molecule has 3 heteroatoms. The first-order valence-electron chi connectivity index (χ1n) is 8.02. The van der Waals surface area contributed by atoms with Gasteiger partial charge in [0, 0.05) is 19.1 Å². The number of phenolic OH excluding ortho intramolecular Hbond substituents is 1. The van der Waals surface area contributed by atoms with Gasteiger partial charge in [0.05, 0.1) is 0 Å². The Morgan fingerprint density at radius 3 is 2.90 bits per heavy atom. The molecule has 0 heterocycles. The predicted molar refractivity (Wildman–Crippen MR) is 84.2 cm³/mol. The molecule has 0 saturated carbocycles. The number of rotatable bonds is 7. The second-order valence-corrected chi connectivity index (χ2v) is 5.72. The van der Waals surface area contributed by atoms with E-state index in [9.17, 15) is 5.11 Å². The summed E-state index contributed by atoms with van der Waals surface area (Å²) in [5.74, 6) is 0.388. The molecule has 0 aromatic heterocycles. The number of fused-ring (bicyclic) bond motifs is 1. The monoisotopic (exact) mass is 276 g/mol. The molecule has 0 radical (unpaired) electrons. The van der Waals surface area contributed by atoms with E-state index < -0.39 is 0 Å². The fourth-order valence-corrected chi connectivity index (χ4v) is 3.14. The lowest BCUT2D eigenvalue weighted by Crippen LogP contribution is -2.35. The quantitative estimate of drug-likeness (QED) is 0.803. The number of hydrogen-bond acceptors (Lipinski definition) is 3. The molecule has 1 unspecified atom stereocenters. The van der Waals surface area contributed by atoms with Crippen LogP contribution in [-0.2, 0) is 6.42 Å². The molecular weight excluding hydrogens is 248 g/mol. The molecule has 3 nitrogen and oxygen atoms in total. The molecule has 0 bridgehead atoms. The molecule has 2 N–H and O–H groups in total. The molecule has 1 aliphatic carbocycles. The molecule has 0 fully saturated rings. The summed E-state index contributed by atoms with van der Waals surface area (Å²) >= 11 is 0. The van der Waals surface area contributed by atoms with Crippen LogP contribution in [0.2, 0.25) is 0 Å². The number of nitrogens with zero attached hydrogens (tertiary/aromatic N) is 1. The van der Waals surface area contributed by atoms with Crippen LogP contribution < -0.4 is 5.32 Å². The number of aryl methyl sites for hydroxylation is 1. The molecule has 1 aromatic rings. The van der Waals surface area contributed by atoms with Crippen molar-refractivity contribution in [2.75, 3.05) is 26.2 Å². The standard InChI is InChI=1S/C17H28N2O/c1-3-11-19(4-2)12-10-18-17-7-5-6-14-8-9-15(20)13-16(14)17/h8-9,13,17-18,20H,3-7,10-12H2,1-2H3. The van der Waals surface area contributed by atoms with Crippen LogP contribution >= 0.6 is 0 Å². The SMILES string of the molecule is CCCN(CC)CCNC1CCCc2ccc(O)cc21. The van der Waals surface area contributed by atoms with Gasteiger partial charge in [-0.05, 0) is 62.0 Å². The van der Waals surface area contributed by atoms with Crippen LogP contribution in [0.25, 0.3) is 0 Å². The molecule has 0 spiro atoms. The Labute approximate surface area is 123 Å². The molecule has 20 heavy (non-hydrogen) atoms. The lowest BCUT2D eigenvalue weighted by atomic mass is 9.87. The van der Waals surface area contributed by atoms with E-state index in [0.29, 0.717) is 11.8 Å². The number of nitrogens with one attached hydrogen (secondary N) is 1. The Bertz CT molecular complexity index is 419. The Morgan fingerprint density at radius 1 is 1.30 bits per heavy atom. The minimum absolute atomic E-state index is 0.388. The normalized spacial score (nSPS) is 18.2. The molecule has 1 atom stereocenters. The Hall–Kier alpha value is -1.06. The topological polar surface area (TPSA) is 35.5 Å². The second-order valence-electron chi connectivity index (χ2n) is 5.72. The highest BCUT2D eigenvalue weighted by atomic mass is 16.3. The largest absolute Gasteiger partial charge is 0.508 e. The average Bonchev–Trinajstić information content (AvgIpc) is 2.46. The van der Waals surface area contributed by atoms with Crippen molar-refractivity contribution in [3.8, 4) is 5.75 Å². The third-order valence-corrected chi connectivity index (χ3v) is 4.25. The molecule has 0 aliphatic heterocycles. The van der Waals surface area contributed by atoms with Gasteiger partial charge in [-0.25, -0.2) is 0 Å². The van der Waals surface area contributed by atoms with Crippen molar-refractivity contribution in [3.63, 3.8) is 0 Å². The molecule has 1 aliphatic rings. The fraction of sp³-hybridized carbons (Fsp3) is 0.647. The summed E-state index contributed by atoms with van der Waals surface area (Å²) in [6.07, 6.45) is 4.77. The van der Waals surface area contributed by atoms with Gasteiger partial charge in [0.25, 0.3) is 0 Å². The minimum Gasteiger partial charge on any atom is -0.508 e. The van der Waals surface area contributed by atoms with Gasteiger partial charge in [-0.2, -0.15) is 0 Å². The van der Waals surface area contributed by atoms with Crippen LogP contribution in [0, 0.1) is 0 Å². The van der Waals surface area contributed by atoms with E-state index in [1.54, 1.807) is 6.07 Å². The van der Waals surface area contributed by atoms with Gasteiger partial charge >= 0.3 is 0 Å².